The standard InChI is InChI=1S/C25H32N4O2/c1-16-6-8-20(9-7-16)29-24-23(19(4)26-29)18(3)21(25(31)27(24)5)10-11-22(30)28-14-12-17(2)13-15-28/h6-9,17H,10-15H2,1-5H3. The van der Waals surface area contributed by atoms with E-state index in [-0.39, 0.29) is 11.5 Å². The molecular formula is C25H32N4O2. The van der Waals surface area contributed by atoms with E-state index in [0.717, 1.165) is 59.5 Å². The molecule has 0 radical (unpaired) electrons. The van der Waals surface area contributed by atoms with Crippen molar-refractivity contribution in [2.45, 2.75) is 53.4 Å². The van der Waals surface area contributed by atoms with E-state index in [1.165, 1.54) is 5.56 Å². The number of amides is 1. The number of carbonyl (C=O) groups is 1. The van der Waals surface area contributed by atoms with Gasteiger partial charge in [-0.15, -0.1) is 0 Å². The molecule has 1 aliphatic rings. The van der Waals surface area contributed by atoms with Gasteiger partial charge in [0.05, 0.1) is 11.4 Å². The van der Waals surface area contributed by atoms with Crippen LogP contribution >= 0.6 is 0 Å². The van der Waals surface area contributed by atoms with E-state index in [9.17, 15) is 9.59 Å². The Hall–Kier alpha value is -2.89. The van der Waals surface area contributed by atoms with E-state index in [2.05, 4.69) is 6.92 Å². The molecule has 1 fully saturated rings. The third kappa shape index (κ3) is 3.91. The lowest BCUT2D eigenvalue weighted by atomic mass is 9.98. The van der Waals surface area contributed by atoms with Crippen molar-refractivity contribution in [3.05, 3.63) is 57.0 Å². The van der Waals surface area contributed by atoms with Gasteiger partial charge in [0.25, 0.3) is 5.56 Å². The lowest BCUT2D eigenvalue weighted by Crippen LogP contribution is -2.38. The lowest BCUT2D eigenvalue weighted by molar-refractivity contribution is -0.132. The first-order valence-electron chi connectivity index (χ1n) is 11.2. The molecule has 0 atom stereocenters. The number of carbonyl (C=O) groups excluding carboxylic acids is 1. The highest BCUT2D eigenvalue weighted by atomic mass is 16.2. The zero-order chi connectivity index (χ0) is 22.3. The van der Waals surface area contributed by atoms with Crippen LogP contribution < -0.4 is 5.56 Å². The van der Waals surface area contributed by atoms with Crippen molar-refractivity contribution in [1.82, 2.24) is 19.2 Å². The summed E-state index contributed by atoms with van der Waals surface area (Å²) in [5, 5.41) is 5.75. The van der Waals surface area contributed by atoms with Crippen LogP contribution in [0.5, 0.6) is 0 Å². The predicted molar refractivity (Wildman–Crippen MR) is 124 cm³/mol. The molecule has 0 aliphatic carbocycles. The monoisotopic (exact) mass is 420 g/mol. The molecule has 164 valence electrons. The van der Waals surface area contributed by atoms with Crippen LogP contribution in [0.1, 0.15) is 48.6 Å². The fourth-order valence-electron chi connectivity index (χ4n) is 4.68. The first-order chi connectivity index (χ1) is 14.8. The molecule has 31 heavy (non-hydrogen) atoms. The number of likely N-dealkylation sites (tertiary alicyclic amines) is 1. The molecule has 2 aromatic heterocycles. The Morgan fingerprint density at radius 2 is 1.74 bits per heavy atom. The zero-order valence-electron chi connectivity index (χ0n) is 19.2. The zero-order valence-corrected chi connectivity index (χ0v) is 19.2. The summed E-state index contributed by atoms with van der Waals surface area (Å²) in [6.07, 6.45) is 2.97. The summed E-state index contributed by atoms with van der Waals surface area (Å²) in [7, 11) is 1.80. The van der Waals surface area contributed by atoms with Crippen molar-refractivity contribution in [2.75, 3.05) is 13.1 Å². The highest BCUT2D eigenvalue weighted by Gasteiger charge is 2.23. The summed E-state index contributed by atoms with van der Waals surface area (Å²) in [6, 6.07) is 8.13. The molecule has 0 saturated carbocycles. The number of hydrogen-bond donors (Lipinski definition) is 0. The number of aryl methyl sites for hydroxylation is 4. The number of hydrogen-bond acceptors (Lipinski definition) is 3. The van der Waals surface area contributed by atoms with Gasteiger partial charge in [0.2, 0.25) is 5.91 Å². The maximum absolute atomic E-state index is 13.3. The molecule has 0 N–H and O–H groups in total. The first-order valence-corrected chi connectivity index (χ1v) is 11.2. The average molecular weight is 421 g/mol. The second-order valence-corrected chi connectivity index (χ2v) is 9.06. The van der Waals surface area contributed by atoms with Crippen molar-refractivity contribution in [3.8, 4) is 5.69 Å². The molecule has 3 aromatic rings. The Bertz CT molecular complexity index is 1180. The lowest BCUT2D eigenvalue weighted by Gasteiger charge is -2.30. The number of nitrogens with zero attached hydrogens (tertiary/aromatic N) is 4. The summed E-state index contributed by atoms with van der Waals surface area (Å²) in [5.74, 6) is 0.842. The number of fused-ring (bicyclic) bond motifs is 1. The smallest absolute Gasteiger partial charge is 0.255 e. The molecular weight excluding hydrogens is 388 g/mol. The molecule has 4 rings (SSSR count). The van der Waals surface area contributed by atoms with Gasteiger partial charge in [-0.05, 0) is 63.6 Å². The van der Waals surface area contributed by atoms with Crippen LogP contribution in [0.2, 0.25) is 0 Å². The van der Waals surface area contributed by atoms with Crippen LogP contribution in [-0.4, -0.2) is 38.2 Å². The van der Waals surface area contributed by atoms with E-state index in [4.69, 9.17) is 5.10 Å². The summed E-state index contributed by atoms with van der Waals surface area (Å²) in [4.78, 5) is 28.0. The number of aromatic nitrogens is 3. The third-order valence-electron chi connectivity index (χ3n) is 6.75. The van der Waals surface area contributed by atoms with Crippen LogP contribution in [0.15, 0.2) is 29.1 Å². The minimum absolute atomic E-state index is 0.0432. The van der Waals surface area contributed by atoms with Gasteiger partial charge in [-0.3, -0.25) is 14.2 Å². The fourth-order valence-corrected chi connectivity index (χ4v) is 4.68. The summed E-state index contributed by atoms with van der Waals surface area (Å²) in [6.45, 7) is 9.92. The molecule has 1 saturated heterocycles. The SMILES string of the molecule is Cc1ccc(-n2nc(C)c3c(C)c(CCC(=O)N4CCC(C)CC4)c(=O)n(C)c32)cc1. The maximum atomic E-state index is 13.3. The van der Waals surface area contributed by atoms with E-state index in [1.54, 1.807) is 11.6 Å². The van der Waals surface area contributed by atoms with Crippen molar-refractivity contribution in [2.24, 2.45) is 13.0 Å². The van der Waals surface area contributed by atoms with E-state index < -0.39 is 0 Å². The van der Waals surface area contributed by atoms with Gasteiger partial charge in [-0.1, -0.05) is 24.6 Å². The van der Waals surface area contributed by atoms with Gasteiger partial charge in [0.1, 0.15) is 5.65 Å². The van der Waals surface area contributed by atoms with Crippen LogP contribution in [0.3, 0.4) is 0 Å². The number of piperidine rings is 1. The van der Waals surface area contributed by atoms with Crippen molar-refractivity contribution < 1.29 is 4.79 Å². The van der Waals surface area contributed by atoms with Crippen LogP contribution in [0.4, 0.5) is 0 Å². The molecule has 0 spiro atoms. The van der Waals surface area contributed by atoms with E-state index in [0.29, 0.717) is 18.8 Å². The molecule has 6 heteroatoms. The number of rotatable bonds is 4. The maximum Gasteiger partial charge on any atom is 0.255 e. The average Bonchev–Trinajstić information content (AvgIpc) is 3.10. The van der Waals surface area contributed by atoms with Gasteiger partial charge in [0.15, 0.2) is 0 Å². The summed E-state index contributed by atoms with van der Waals surface area (Å²) >= 11 is 0. The minimum atomic E-state index is -0.0432. The molecule has 0 unspecified atom stereocenters. The third-order valence-corrected chi connectivity index (χ3v) is 6.75. The van der Waals surface area contributed by atoms with Crippen molar-refractivity contribution in [1.29, 1.82) is 0 Å². The van der Waals surface area contributed by atoms with E-state index in [1.807, 2.05) is 54.6 Å². The normalized spacial score (nSPS) is 15.1. The summed E-state index contributed by atoms with van der Waals surface area (Å²) in [5.41, 5.74) is 5.41. The highest BCUT2D eigenvalue weighted by Crippen LogP contribution is 2.26. The summed E-state index contributed by atoms with van der Waals surface area (Å²) < 4.78 is 3.53. The van der Waals surface area contributed by atoms with Gasteiger partial charge >= 0.3 is 0 Å². The second kappa shape index (κ2) is 8.33. The largest absolute Gasteiger partial charge is 0.343 e. The minimum Gasteiger partial charge on any atom is -0.343 e. The van der Waals surface area contributed by atoms with Crippen LogP contribution in [0.25, 0.3) is 16.7 Å². The van der Waals surface area contributed by atoms with Crippen molar-refractivity contribution in [3.63, 3.8) is 0 Å². The van der Waals surface area contributed by atoms with Gasteiger partial charge in [0, 0.05) is 37.5 Å². The predicted octanol–water partition coefficient (Wildman–Crippen LogP) is 3.84. The number of pyridine rings is 1. The molecule has 1 aliphatic heterocycles. The molecule has 1 amide bonds. The van der Waals surface area contributed by atoms with Gasteiger partial charge < -0.3 is 4.90 Å². The first kappa shape index (κ1) is 21.3. The Balaban J connectivity index is 1.68. The second-order valence-electron chi connectivity index (χ2n) is 9.06. The molecule has 0 bridgehead atoms. The Morgan fingerprint density at radius 1 is 1.10 bits per heavy atom. The molecule has 1 aromatic carbocycles. The quantitative estimate of drug-likeness (QED) is 0.644. The van der Waals surface area contributed by atoms with Crippen LogP contribution in [0, 0.1) is 26.7 Å². The Morgan fingerprint density at radius 3 is 2.39 bits per heavy atom. The Kier molecular flexibility index (Phi) is 5.73. The molecule has 6 nitrogen and oxygen atoms in total. The fraction of sp³-hybridized carbons (Fsp3) is 0.480. The highest BCUT2D eigenvalue weighted by molar-refractivity contribution is 5.85. The number of benzene rings is 1. The van der Waals surface area contributed by atoms with Crippen molar-refractivity contribution >= 4 is 16.9 Å². The molecule has 3 heterocycles. The van der Waals surface area contributed by atoms with Gasteiger partial charge in [-0.2, -0.15) is 5.10 Å². The topological polar surface area (TPSA) is 60.1 Å². The van der Waals surface area contributed by atoms with Crippen LogP contribution in [-0.2, 0) is 18.3 Å². The Labute approximate surface area is 183 Å². The van der Waals surface area contributed by atoms with Gasteiger partial charge in [-0.25, -0.2) is 4.68 Å². The van der Waals surface area contributed by atoms with E-state index >= 15 is 0 Å².